The standard InChI is InChI=1S/C10H9ClN4O2/c1-14-6-7(5-12-14)13-10-3-2-8(15(16)17)4-9(10)11/h2-6,13H,1H3. The van der Waals surface area contributed by atoms with Gasteiger partial charge in [0.1, 0.15) is 0 Å². The molecule has 0 aliphatic rings. The van der Waals surface area contributed by atoms with Crippen LogP contribution in [0.5, 0.6) is 0 Å². The van der Waals surface area contributed by atoms with Crippen molar-refractivity contribution in [2.75, 3.05) is 5.32 Å². The molecule has 17 heavy (non-hydrogen) atoms. The predicted molar refractivity (Wildman–Crippen MR) is 64.6 cm³/mol. The lowest BCUT2D eigenvalue weighted by atomic mass is 10.3. The fourth-order valence-corrected chi connectivity index (χ4v) is 1.58. The predicted octanol–water partition coefficient (Wildman–Crippen LogP) is 2.73. The molecule has 0 amide bonds. The molecule has 0 aliphatic heterocycles. The van der Waals surface area contributed by atoms with E-state index in [0.717, 1.165) is 5.69 Å². The number of nitro benzene ring substituents is 1. The van der Waals surface area contributed by atoms with Crippen molar-refractivity contribution < 1.29 is 4.92 Å². The van der Waals surface area contributed by atoms with Crippen LogP contribution in [0.2, 0.25) is 5.02 Å². The van der Waals surface area contributed by atoms with Gasteiger partial charge in [-0.3, -0.25) is 14.8 Å². The maximum absolute atomic E-state index is 10.5. The van der Waals surface area contributed by atoms with Gasteiger partial charge in [0.05, 0.1) is 27.5 Å². The second-order valence-electron chi connectivity index (χ2n) is 3.45. The maximum atomic E-state index is 10.5. The Bertz CT molecular complexity index is 567. The second kappa shape index (κ2) is 4.42. The fraction of sp³-hybridized carbons (Fsp3) is 0.100. The number of hydrogen-bond donors (Lipinski definition) is 1. The van der Waals surface area contributed by atoms with Gasteiger partial charge in [-0.15, -0.1) is 0 Å². The molecule has 0 bridgehead atoms. The molecule has 6 nitrogen and oxygen atoms in total. The highest BCUT2D eigenvalue weighted by atomic mass is 35.5. The number of anilines is 2. The largest absolute Gasteiger partial charge is 0.352 e. The van der Waals surface area contributed by atoms with Crippen molar-refractivity contribution in [3.63, 3.8) is 0 Å². The van der Waals surface area contributed by atoms with Gasteiger partial charge in [0, 0.05) is 25.4 Å². The molecule has 0 atom stereocenters. The fourth-order valence-electron chi connectivity index (χ4n) is 1.36. The molecule has 7 heteroatoms. The Labute approximate surface area is 102 Å². The molecule has 0 unspecified atom stereocenters. The number of halogens is 1. The van der Waals surface area contributed by atoms with E-state index in [1.807, 2.05) is 0 Å². The van der Waals surface area contributed by atoms with Crippen LogP contribution in [-0.2, 0) is 7.05 Å². The summed E-state index contributed by atoms with van der Waals surface area (Å²) >= 11 is 5.94. The normalized spacial score (nSPS) is 10.2. The average Bonchev–Trinajstić information content (AvgIpc) is 2.67. The molecule has 2 rings (SSSR count). The van der Waals surface area contributed by atoms with Crippen molar-refractivity contribution in [3.8, 4) is 0 Å². The van der Waals surface area contributed by atoms with Gasteiger partial charge in [-0.05, 0) is 6.07 Å². The molecule has 0 fully saturated rings. The van der Waals surface area contributed by atoms with Gasteiger partial charge in [-0.1, -0.05) is 11.6 Å². The van der Waals surface area contributed by atoms with E-state index in [0.29, 0.717) is 10.7 Å². The molecular weight excluding hydrogens is 244 g/mol. The second-order valence-corrected chi connectivity index (χ2v) is 3.86. The first-order valence-corrected chi connectivity index (χ1v) is 5.13. The number of aryl methyl sites for hydroxylation is 1. The van der Waals surface area contributed by atoms with Crippen LogP contribution in [0.1, 0.15) is 0 Å². The summed E-state index contributed by atoms with van der Waals surface area (Å²) in [6.07, 6.45) is 3.41. The van der Waals surface area contributed by atoms with Gasteiger partial charge in [-0.2, -0.15) is 5.10 Å². The van der Waals surface area contributed by atoms with Crippen molar-refractivity contribution in [2.24, 2.45) is 7.05 Å². The summed E-state index contributed by atoms with van der Waals surface area (Å²) in [4.78, 5) is 10.1. The lowest BCUT2D eigenvalue weighted by Crippen LogP contribution is -1.92. The summed E-state index contributed by atoms with van der Waals surface area (Å²) in [7, 11) is 1.79. The number of nitro groups is 1. The number of nitrogens with zero attached hydrogens (tertiary/aromatic N) is 3. The quantitative estimate of drug-likeness (QED) is 0.673. The molecule has 1 aromatic heterocycles. The zero-order valence-corrected chi connectivity index (χ0v) is 9.68. The van der Waals surface area contributed by atoms with E-state index in [1.165, 1.54) is 12.1 Å². The third-order valence-corrected chi connectivity index (χ3v) is 2.46. The Hall–Kier alpha value is -2.08. The number of rotatable bonds is 3. The van der Waals surface area contributed by atoms with Crippen molar-refractivity contribution in [1.29, 1.82) is 0 Å². The summed E-state index contributed by atoms with van der Waals surface area (Å²) in [5.41, 5.74) is 1.33. The van der Waals surface area contributed by atoms with Gasteiger partial charge in [0.25, 0.3) is 5.69 Å². The van der Waals surface area contributed by atoms with E-state index in [1.54, 1.807) is 30.2 Å². The molecule has 2 aromatic rings. The zero-order valence-electron chi connectivity index (χ0n) is 8.92. The monoisotopic (exact) mass is 252 g/mol. The van der Waals surface area contributed by atoms with E-state index in [-0.39, 0.29) is 5.69 Å². The first-order chi connectivity index (χ1) is 8.06. The Balaban J connectivity index is 2.25. The van der Waals surface area contributed by atoms with Gasteiger partial charge in [0.15, 0.2) is 0 Å². The van der Waals surface area contributed by atoms with Gasteiger partial charge >= 0.3 is 0 Å². The third kappa shape index (κ3) is 2.54. The van der Waals surface area contributed by atoms with E-state index >= 15 is 0 Å². The van der Waals surface area contributed by atoms with Crippen LogP contribution >= 0.6 is 11.6 Å². The van der Waals surface area contributed by atoms with Crippen molar-refractivity contribution >= 4 is 28.7 Å². The first kappa shape index (κ1) is 11.4. The summed E-state index contributed by atoms with van der Waals surface area (Å²) in [5.74, 6) is 0. The Morgan fingerprint density at radius 3 is 2.82 bits per heavy atom. The highest BCUT2D eigenvalue weighted by Gasteiger charge is 2.09. The first-order valence-electron chi connectivity index (χ1n) is 4.76. The van der Waals surface area contributed by atoms with Gasteiger partial charge < -0.3 is 5.32 Å². The summed E-state index contributed by atoms with van der Waals surface area (Å²) in [6, 6.07) is 4.26. The van der Waals surface area contributed by atoms with Crippen molar-refractivity contribution in [1.82, 2.24) is 9.78 Å². The SMILES string of the molecule is Cn1cc(Nc2ccc([N+](=O)[O-])cc2Cl)cn1. The smallest absolute Gasteiger partial charge is 0.271 e. The lowest BCUT2D eigenvalue weighted by molar-refractivity contribution is -0.384. The van der Waals surface area contributed by atoms with Crippen LogP contribution in [0.3, 0.4) is 0 Å². The number of aromatic nitrogens is 2. The van der Waals surface area contributed by atoms with Crippen LogP contribution in [-0.4, -0.2) is 14.7 Å². The highest BCUT2D eigenvalue weighted by molar-refractivity contribution is 6.33. The molecule has 0 radical (unpaired) electrons. The Morgan fingerprint density at radius 1 is 1.53 bits per heavy atom. The van der Waals surface area contributed by atoms with Gasteiger partial charge in [-0.25, -0.2) is 0 Å². The molecular formula is C10H9ClN4O2. The average molecular weight is 253 g/mol. The minimum atomic E-state index is -0.486. The summed E-state index contributed by atoms with van der Waals surface area (Å²) < 4.78 is 1.64. The minimum Gasteiger partial charge on any atom is -0.352 e. The van der Waals surface area contributed by atoms with Crippen LogP contribution in [0.25, 0.3) is 0 Å². The number of benzene rings is 1. The minimum absolute atomic E-state index is 0.0354. The lowest BCUT2D eigenvalue weighted by Gasteiger charge is -2.05. The van der Waals surface area contributed by atoms with Gasteiger partial charge in [0.2, 0.25) is 0 Å². The van der Waals surface area contributed by atoms with Crippen molar-refractivity contribution in [2.45, 2.75) is 0 Å². The third-order valence-electron chi connectivity index (χ3n) is 2.15. The van der Waals surface area contributed by atoms with Crippen LogP contribution in [0.4, 0.5) is 17.1 Å². The maximum Gasteiger partial charge on any atom is 0.271 e. The highest BCUT2D eigenvalue weighted by Crippen LogP contribution is 2.28. The molecule has 0 aliphatic carbocycles. The number of nitrogens with one attached hydrogen (secondary N) is 1. The molecule has 0 saturated carbocycles. The zero-order chi connectivity index (χ0) is 12.4. The number of non-ortho nitro benzene ring substituents is 1. The summed E-state index contributed by atoms with van der Waals surface area (Å²) in [6.45, 7) is 0. The summed E-state index contributed by atoms with van der Waals surface area (Å²) in [5, 5.41) is 17.8. The molecule has 1 N–H and O–H groups in total. The molecule has 1 aromatic carbocycles. The topological polar surface area (TPSA) is 73.0 Å². The Morgan fingerprint density at radius 2 is 2.29 bits per heavy atom. The van der Waals surface area contributed by atoms with Crippen molar-refractivity contribution in [3.05, 3.63) is 45.7 Å². The van der Waals surface area contributed by atoms with E-state index in [9.17, 15) is 10.1 Å². The van der Waals surface area contributed by atoms with E-state index < -0.39 is 4.92 Å². The molecule has 0 spiro atoms. The molecule has 1 heterocycles. The van der Waals surface area contributed by atoms with Crippen LogP contribution in [0, 0.1) is 10.1 Å². The van der Waals surface area contributed by atoms with Crippen LogP contribution < -0.4 is 5.32 Å². The van der Waals surface area contributed by atoms with Crippen LogP contribution in [0.15, 0.2) is 30.6 Å². The van der Waals surface area contributed by atoms with E-state index in [4.69, 9.17) is 11.6 Å². The number of hydrogen-bond acceptors (Lipinski definition) is 4. The molecule has 88 valence electrons. The van der Waals surface area contributed by atoms with E-state index in [2.05, 4.69) is 10.4 Å². The molecule has 0 saturated heterocycles. The Kier molecular flexibility index (Phi) is 2.97.